The lowest BCUT2D eigenvalue weighted by Gasteiger charge is -2.19. The molecule has 2 unspecified atom stereocenters. The van der Waals surface area contributed by atoms with Crippen LogP contribution in [-0.2, 0) is 0 Å². The maximum Gasteiger partial charge on any atom is 0.124 e. The van der Waals surface area contributed by atoms with Crippen molar-refractivity contribution >= 4 is 0 Å². The Morgan fingerprint density at radius 2 is 2.19 bits per heavy atom. The van der Waals surface area contributed by atoms with E-state index < -0.39 is 0 Å². The van der Waals surface area contributed by atoms with Gasteiger partial charge in [0.1, 0.15) is 17.7 Å². The third-order valence-electron chi connectivity index (χ3n) is 2.95. The lowest BCUT2D eigenvalue weighted by Crippen LogP contribution is -2.30. The molecular formula is C13H18FNO. The molecule has 0 aromatic heterocycles. The van der Waals surface area contributed by atoms with E-state index in [1.807, 2.05) is 0 Å². The lowest BCUT2D eigenvalue weighted by atomic mass is 10.0. The number of halogens is 1. The highest BCUT2D eigenvalue weighted by Gasteiger charge is 2.33. The number of hydrogen-bond donors (Lipinski definition) is 1. The third kappa shape index (κ3) is 2.05. The molecule has 0 amide bonds. The molecule has 1 heterocycles. The molecule has 1 aromatic rings. The zero-order valence-corrected chi connectivity index (χ0v) is 9.79. The number of benzene rings is 1. The number of hydrogen-bond acceptors (Lipinski definition) is 2. The Bertz CT molecular complexity index is 367. The fourth-order valence-corrected chi connectivity index (χ4v) is 2.27. The first-order chi connectivity index (χ1) is 7.76. The molecule has 1 aliphatic rings. The molecule has 0 spiro atoms. The monoisotopic (exact) mass is 223 g/mol. The Hall–Kier alpha value is -1.09. The van der Waals surface area contributed by atoms with E-state index in [-0.39, 0.29) is 18.0 Å². The maximum absolute atomic E-state index is 13.2. The predicted molar refractivity (Wildman–Crippen MR) is 62.1 cm³/mol. The second-order valence-electron chi connectivity index (χ2n) is 4.16. The molecule has 0 saturated heterocycles. The molecule has 0 radical (unpaired) electrons. The summed E-state index contributed by atoms with van der Waals surface area (Å²) >= 11 is 0. The Morgan fingerprint density at radius 1 is 1.38 bits per heavy atom. The maximum atomic E-state index is 13.2. The van der Waals surface area contributed by atoms with Gasteiger partial charge in [-0.05, 0) is 31.2 Å². The average Bonchev–Trinajstić information content (AvgIpc) is 2.58. The minimum atomic E-state index is -0.192. The number of nitrogens with one attached hydrogen (secondary N) is 1. The van der Waals surface area contributed by atoms with E-state index in [1.54, 1.807) is 12.1 Å². The molecule has 0 fully saturated rings. The van der Waals surface area contributed by atoms with E-state index in [1.165, 1.54) is 6.07 Å². The van der Waals surface area contributed by atoms with Crippen molar-refractivity contribution in [2.24, 2.45) is 0 Å². The van der Waals surface area contributed by atoms with Gasteiger partial charge < -0.3 is 10.1 Å². The van der Waals surface area contributed by atoms with Crippen molar-refractivity contribution in [2.45, 2.75) is 38.8 Å². The second kappa shape index (κ2) is 4.83. The van der Waals surface area contributed by atoms with Crippen LogP contribution in [0.15, 0.2) is 18.2 Å². The highest BCUT2D eigenvalue weighted by atomic mass is 19.1. The van der Waals surface area contributed by atoms with Gasteiger partial charge in [0.25, 0.3) is 0 Å². The van der Waals surface area contributed by atoms with Crippen molar-refractivity contribution < 1.29 is 9.13 Å². The minimum Gasteiger partial charge on any atom is -0.488 e. The van der Waals surface area contributed by atoms with Gasteiger partial charge in [-0.1, -0.05) is 20.3 Å². The van der Waals surface area contributed by atoms with Crippen LogP contribution in [0, 0.1) is 5.82 Å². The van der Waals surface area contributed by atoms with Crippen LogP contribution in [-0.4, -0.2) is 12.6 Å². The van der Waals surface area contributed by atoms with Crippen LogP contribution in [0.4, 0.5) is 4.39 Å². The molecular weight excluding hydrogens is 205 g/mol. The van der Waals surface area contributed by atoms with E-state index in [9.17, 15) is 4.39 Å². The second-order valence-corrected chi connectivity index (χ2v) is 4.16. The zero-order valence-electron chi connectivity index (χ0n) is 9.79. The molecule has 88 valence electrons. The van der Waals surface area contributed by atoms with Gasteiger partial charge in [0.05, 0.1) is 6.04 Å². The first-order valence-corrected chi connectivity index (χ1v) is 5.95. The summed E-state index contributed by atoms with van der Waals surface area (Å²) in [6, 6.07) is 4.90. The highest BCUT2D eigenvalue weighted by Crippen LogP contribution is 2.38. The van der Waals surface area contributed by atoms with Crippen LogP contribution >= 0.6 is 0 Å². The van der Waals surface area contributed by atoms with Crippen LogP contribution in [0.5, 0.6) is 5.75 Å². The molecule has 16 heavy (non-hydrogen) atoms. The van der Waals surface area contributed by atoms with E-state index in [0.29, 0.717) is 0 Å². The van der Waals surface area contributed by atoms with Crippen LogP contribution in [0.1, 0.15) is 38.3 Å². The van der Waals surface area contributed by atoms with E-state index in [2.05, 4.69) is 19.2 Å². The van der Waals surface area contributed by atoms with Gasteiger partial charge in [-0.2, -0.15) is 0 Å². The fraction of sp³-hybridized carbons (Fsp3) is 0.538. The molecule has 2 atom stereocenters. The molecule has 1 N–H and O–H groups in total. The Balaban J connectivity index is 2.26. The predicted octanol–water partition coefficient (Wildman–Crippen LogP) is 3.04. The van der Waals surface area contributed by atoms with Gasteiger partial charge in [0.2, 0.25) is 0 Å². The van der Waals surface area contributed by atoms with E-state index in [0.717, 1.165) is 30.7 Å². The zero-order chi connectivity index (χ0) is 11.5. The lowest BCUT2D eigenvalue weighted by molar-refractivity contribution is 0.179. The average molecular weight is 223 g/mol. The van der Waals surface area contributed by atoms with Gasteiger partial charge >= 0.3 is 0 Å². The van der Waals surface area contributed by atoms with Gasteiger partial charge in [-0.25, -0.2) is 4.39 Å². The smallest absolute Gasteiger partial charge is 0.124 e. The first-order valence-electron chi connectivity index (χ1n) is 5.95. The van der Waals surface area contributed by atoms with Crippen LogP contribution in [0.2, 0.25) is 0 Å². The number of likely N-dealkylation sites (N-methyl/N-ethyl adjacent to an activating group) is 1. The highest BCUT2D eigenvalue weighted by molar-refractivity contribution is 5.41. The molecule has 1 aliphatic heterocycles. The van der Waals surface area contributed by atoms with Crippen LogP contribution in [0.3, 0.4) is 0 Å². The van der Waals surface area contributed by atoms with Crippen molar-refractivity contribution in [1.82, 2.24) is 5.32 Å². The normalized spacial score (nSPS) is 22.9. The molecule has 3 heteroatoms. The van der Waals surface area contributed by atoms with Gasteiger partial charge in [-0.15, -0.1) is 0 Å². The third-order valence-corrected chi connectivity index (χ3v) is 2.95. The van der Waals surface area contributed by atoms with Crippen LogP contribution in [0.25, 0.3) is 0 Å². The standard InChI is InChI=1S/C13H18FNO/c1-3-5-12-13(15-4-2)10-8-9(14)6-7-11(10)16-12/h6-8,12-13,15H,3-5H2,1-2H3. The number of rotatable bonds is 4. The number of ether oxygens (including phenoxy) is 1. The molecule has 0 aliphatic carbocycles. The summed E-state index contributed by atoms with van der Waals surface area (Å²) < 4.78 is 19.0. The largest absolute Gasteiger partial charge is 0.488 e. The molecule has 0 bridgehead atoms. The van der Waals surface area contributed by atoms with Crippen LogP contribution < -0.4 is 10.1 Å². The Kier molecular flexibility index (Phi) is 3.44. The van der Waals surface area contributed by atoms with E-state index in [4.69, 9.17) is 4.74 Å². The summed E-state index contributed by atoms with van der Waals surface area (Å²) in [7, 11) is 0. The summed E-state index contributed by atoms with van der Waals surface area (Å²) in [6.45, 7) is 5.06. The topological polar surface area (TPSA) is 21.3 Å². The van der Waals surface area contributed by atoms with Gasteiger partial charge in [0.15, 0.2) is 0 Å². The molecule has 2 nitrogen and oxygen atoms in total. The molecule has 1 aromatic carbocycles. The van der Waals surface area contributed by atoms with Gasteiger partial charge in [-0.3, -0.25) is 0 Å². The SMILES string of the molecule is CCCC1Oc2ccc(F)cc2C1NCC. The fourth-order valence-electron chi connectivity index (χ4n) is 2.27. The Labute approximate surface area is 95.8 Å². The molecule has 0 saturated carbocycles. The van der Waals surface area contributed by atoms with Crippen molar-refractivity contribution in [3.05, 3.63) is 29.6 Å². The first kappa shape index (κ1) is 11.4. The van der Waals surface area contributed by atoms with Crippen molar-refractivity contribution in [3.8, 4) is 5.75 Å². The number of fused-ring (bicyclic) bond motifs is 1. The van der Waals surface area contributed by atoms with Gasteiger partial charge in [0, 0.05) is 5.56 Å². The summed E-state index contributed by atoms with van der Waals surface area (Å²) in [4.78, 5) is 0. The quantitative estimate of drug-likeness (QED) is 0.847. The van der Waals surface area contributed by atoms with Crippen molar-refractivity contribution in [3.63, 3.8) is 0 Å². The van der Waals surface area contributed by atoms with Crippen molar-refractivity contribution in [1.29, 1.82) is 0 Å². The molecule has 2 rings (SSSR count). The summed E-state index contributed by atoms with van der Waals surface area (Å²) in [5.74, 6) is 0.633. The van der Waals surface area contributed by atoms with Crippen molar-refractivity contribution in [2.75, 3.05) is 6.54 Å². The van der Waals surface area contributed by atoms with E-state index >= 15 is 0 Å². The summed E-state index contributed by atoms with van der Waals surface area (Å²) in [5.41, 5.74) is 0.959. The minimum absolute atomic E-state index is 0.135. The Morgan fingerprint density at radius 3 is 2.88 bits per heavy atom. The summed E-state index contributed by atoms with van der Waals surface area (Å²) in [5, 5.41) is 3.37. The summed E-state index contributed by atoms with van der Waals surface area (Å²) in [6.07, 6.45) is 2.21.